The molecule has 0 atom stereocenters. The minimum absolute atomic E-state index is 0.209. The minimum Gasteiger partial charge on any atom is -0.379 e. The van der Waals surface area contributed by atoms with Gasteiger partial charge in [0.25, 0.3) is 0 Å². The van der Waals surface area contributed by atoms with E-state index in [0.29, 0.717) is 69.0 Å². The number of rotatable bonds is 4. The Labute approximate surface area is 202 Å². The molecule has 0 unspecified atom stereocenters. The van der Waals surface area contributed by atoms with Crippen molar-refractivity contribution in [3.05, 3.63) is 54.1 Å². The van der Waals surface area contributed by atoms with Gasteiger partial charge < -0.3 is 19.9 Å². The summed E-state index contributed by atoms with van der Waals surface area (Å²) in [4.78, 5) is 4.05. The summed E-state index contributed by atoms with van der Waals surface area (Å²) in [6, 6.07) is 11.7. The molecule has 2 saturated heterocycles. The summed E-state index contributed by atoms with van der Waals surface area (Å²) in [7, 11) is -3.57. The van der Waals surface area contributed by atoms with Crippen LogP contribution in [0.5, 0.6) is 0 Å². The summed E-state index contributed by atoms with van der Waals surface area (Å²) in [5.41, 5.74) is 0.528. The largest absolute Gasteiger partial charge is 0.416 e. The maximum Gasteiger partial charge on any atom is 0.416 e. The highest BCUT2D eigenvalue weighted by atomic mass is 32.2. The molecule has 0 radical (unpaired) electrons. The maximum atomic E-state index is 13.0. The molecule has 12 heteroatoms. The summed E-state index contributed by atoms with van der Waals surface area (Å²) in [5.74, 6) is 0. The van der Waals surface area contributed by atoms with Crippen LogP contribution in [0.15, 0.2) is 53.4 Å². The van der Waals surface area contributed by atoms with Crippen LogP contribution in [-0.4, -0.2) is 75.2 Å². The van der Waals surface area contributed by atoms with Crippen molar-refractivity contribution in [1.29, 1.82) is 0 Å². The predicted molar refractivity (Wildman–Crippen MR) is 127 cm³/mol. The third-order valence-corrected chi connectivity index (χ3v) is 8.09. The summed E-state index contributed by atoms with van der Waals surface area (Å²) in [6.45, 7) is 3.58. The van der Waals surface area contributed by atoms with Crippen molar-refractivity contribution in [2.45, 2.75) is 11.1 Å². The zero-order valence-electron chi connectivity index (χ0n) is 18.3. The van der Waals surface area contributed by atoms with Gasteiger partial charge in [-0.3, -0.25) is 0 Å². The third kappa shape index (κ3) is 5.62. The van der Waals surface area contributed by atoms with Crippen LogP contribution in [-0.2, 0) is 20.9 Å². The number of alkyl halides is 3. The van der Waals surface area contributed by atoms with Gasteiger partial charge in [0.15, 0.2) is 5.11 Å². The van der Waals surface area contributed by atoms with Crippen molar-refractivity contribution in [2.75, 3.05) is 62.7 Å². The number of nitrogens with one attached hydrogen (secondary N) is 1. The summed E-state index contributed by atoms with van der Waals surface area (Å²) >= 11 is 5.50. The SMILES string of the molecule is O=S(=O)(c1ccc(NC(=S)N2CCN(c3cccc(C(F)(F)F)c3)CC2)cc1)N1CCOCC1. The van der Waals surface area contributed by atoms with Gasteiger partial charge in [0.2, 0.25) is 10.0 Å². The lowest BCUT2D eigenvalue weighted by atomic mass is 10.1. The lowest BCUT2D eigenvalue weighted by Gasteiger charge is -2.37. The molecule has 0 aliphatic carbocycles. The van der Waals surface area contributed by atoms with E-state index >= 15 is 0 Å². The van der Waals surface area contributed by atoms with Crippen LogP contribution in [0.1, 0.15) is 5.56 Å². The van der Waals surface area contributed by atoms with Gasteiger partial charge >= 0.3 is 6.18 Å². The molecule has 7 nitrogen and oxygen atoms in total. The Morgan fingerprint density at radius 2 is 1.59 bits per heavy atom. The molecular weight excluding hydrogens is 489 g/mol. The minimum atomic E-state index is -4.37. The first kappa shape index (κ1) is 24.7. The predicted octanol–water partition coefficient (Wildman–Crippen LogP) is 3.25. The molecule has 2 fully saturated rings. The van der Waals surface area contributed by atoms with Gasteiger partial charge in [0.1, 0.15) is 0 Å². The Kier molecular flexibility index (Phi) is 7.31. The molecule has 2 aliphatic rings. The number of sulfonamides is 1. The zero-order chi connectivity index (χ0) is 24.3. The van der Waals surface area contributed by atoms with E-state index in [1.54, 1.807) is 30.3 Å². The van der Waals surface area contributed by atoms with Crippen LogP contribution >= 0.6 is 12.2 Å². The molecule has 0 spiro atoms. The molecular formula is C22H25F3N4O3S2. The van der Waals surface area contributed by atoms with Crippen LogP contribution in [0.2, 0.25) is 0 Å². The number of hydrogen-bond acceptors (Lipinski definition) is 5. The third-order valence-electron chi connectivity index (χ3n) is 5.82. The van der Waals surface area contributed by atoms with Crippen molar-refractivity contribution < 1.29 is 26.3 Å². The van der Waals surface area contributed by atoms with E-state index in [1.807, 2.05) is 9.80 Å². The van der Waals surface area contributed by atoms with Crippen molar-refractivity contribution in [3.8, 4) is 0 Å². The molecule has 34 heavy (non-hydrogen) atoms. The standard InChI is InChI=1S/C22H25F3N4O3S2/c23-22(24,25)17-2-1-3-19(16-17)27-8-10-28(11-9-27)21(33)26-18-4-6-20(7-5-18)34(30,31)29-12-14-32-15-13-29/h1-7,16H,8-15H2,(H,26,33). The van der Waals surface area contributed by atoms with Crippen molar-refractivity contribution in [1.82, 2.24) is 9.21 Å². The van der Waals surface area contributed by atoms with E-state index in [-0.39, 0.29) is 4.90 Å². The molecule has 2 aromatic carbocycles. The molecule has 2 aromatic rings. The lowest BCUT2D eigenvalue weighted by molar-refractivity contribution is -0.137. The first-order valence-electron chi connectivity index (χ1n) is 10.8. The molecule has 4 rings (SSSR count). The molecule has 0 aromatic heterocycles. The van der Waals surface area contributed by atoms with Gasteiger partial charge in [0.05, 0.1) is 23.7 Å². The second kappa shape index (κ2) is 10.1. The Morgan fingerprint density at radius 3 is 2.21 bits per heavy atom. The van der Waals surface area contributed by atoms with E-state index in [0.717, 1.165) is 6.07 Å². The fourth-order valence-electron chi connectivity index (χ4n) is 3.90. The van der Waals surface area contributed by atoms with Crippen LogP contribution in [0.3, 0.4) is 0 Å². The van der Waals surface area contributed by atoms with Crippen molar-refractivity contribution in [2.24, 2.45) is 0 Å². The first-order valence-corrected chi connectivity index (χ1v) is 12.7. The van der Waals surface area contributed by atoms with Crippen LogP contribution in [0, 0.1) is 0 Å². The normalized spacial score (nSPS) is 18.1. The van der Waals surface area contributed by atoms with Crippen molar-refractivity contribution >= 4 is 38.7 Å². The number of nitrogens with zero attached hydrogens (tertiary/aromatic N) is 3. The highest BCUT2D eigenvalue weighted by Crippen LogP contribution is 2.32. The summed E-state index contributed by atoms with van der Waals surface area (Å²) in [5, 5.41) is 3.59. The summed E-state index contributed by atoms with van der Waals surface area (Å²) in [6.07, 6.45) is -4.37. The Bertz CT molecular complexity index is 1110. The van der Waals surface area contributed by atoms with Crippen LogP contribution in [0.25, 0.3) is 0 Å². The second-order valence-electron chi connectivity index (χ2n) is 7.99. The second-order valence-corrected chi connectivity index (χ2v) is 10.3. The number of ether oxygens (including phenoxy) is 1. The van der Waals surface area contributed by atoms with E-state index in [1.165, 1.54) is 16.4 Å². The Balaban J connectivity index is 1.33. The smallest absolute Gasteiger partial charge is 0.379 e. The number of piperazine rings is 1. The number of benzene rings is 2. The van der Waals surface area contributed by atoms with Crippen LogP contribution in [0.4, 0.5) is 24.5 Å². The maximum absolute atomic E-state index is 13.0. The highest BCUT2D eigenvalue weighted by Gasteiger charge is 2.31. The van der Waals surface area contributed by atoms with Crippen LogP contribution < -0.4 is 10.2 Å². The van der Waals surface area contributed by atoms with Gasteiger partial charge in [-0.15, -0.1) is 0 Å². The highest BCUT2D eigenvalue weighted by molar-refractivity contribution is 7.89. The molecule has 1 N–H and O–H groups in total. The molecule has 0 amide bonds. The van der Waals surface area contributed by atoms with Crippen molar-refractivity contribution in [3.63, 3.8) is 0 Å². The molecule has 0 bridgehead atoms. The van der Waals surface area contributed by atoms with Gasteiger partial charge in [-0.25, -0.2) is 8.42 Å². The quantitative estimate of drug-likeness (QED) is 0.629. The number of halogens is 3. The lowest BCUT2D eigenvalue weighted by Crippen LogP contribution is -2.50. The molecule has 184 valence electrons. The molecule has 0 saturated carbocycles. The zero-order valence-corrected chi connectivity index (χ0v) is 19.9. The fraction of sp³-hybridized carbons (Fsp3) is 0.409. The fourth-order valence-corrected chi connectivity index (χ4v) is 5.60. The molecule has 2 heterocycles. The van der Waals surface area contributed by atoms with E-state index < -0.39 is 21.8 Å². The van der Waals surface area contributed by atoms with E-state index in [2.05, 4.69) is 5.32 Å². The Hall–Kier alpha value is -2.41. The number of morpholine rings is 1. The van der Waals surface area contributed by atoms with Gasteiger partial charge in [-0.1, -0.05) is 6.07 Å². The monoisotopic (exact) mass is 514 g/mol. The Morgan fingerprint density at radius 1 is 0.941 bits per heavy atom. The van der Waals surface area contributed by atoms with E-state index in [9.17, 15) is 21.6 Å². The van der Waals surface area contributed by atoms with Gasteiger partial charge in [0, 0.05) is 50.6 Å². The average Bonchev–Trinajstić information content (AvgIpc) is 2.84. The molecule has 2 aliphatic heterocycles. The number of hydrogen-bond donors (Lipinski definition) is 1. The number of anilines is 2. The van der Waals surface area contributed by atoms with E-state index in [4.69, 9.17) is 17.0 Å². The topological polar surface area (TPSA) is 65.1 Å². The summed E-state index contributed by atoms with van der Waals surface area (Å²) < 4.78 is 71.1. The average molecular weight is 515 g/mol. The van der Waals surface area contributed by atoms with Gasteiger partial charge in [-0.2, -0.15) is 17.5 Å². The number of thiocarbonyl (C=S) groups is 1. The van der Waals surface area contributed by atoms with Gasteiger partial charge in [-0.05, 0) is 54.7 Å². The first-order chi connectivity index (χ1) is 16.1.